The number of imidazole rings is 1. The fourth-order valence-electron chi connectivity index (χ4n) is 2.60. The van der Waals surface area contributed by atoms with Gasteiger partial charge in [-0.3, -0.25) is 4.57 Å². The van der Waals surface area contributed by atoms with E-state index in [-0.39, 0.29) is 5.88 Å². The molecule has 0 aliphatic rings. The third-order valence-electron chi connectivity index (χ3n) is 3.99. The molecule has 3 rings (SSSR count). The minimum Gasteiger partial charge on any atom is -0.493 e. The van der Waals surface area contributed by atoms with E-state index in [2.05, 4.69) is 5.10 Å². The van der Waals surface area contributed by atoms with Crippen molar-refractivity contribution in [3.05, 3.63) is 63.9 Å². The summed E-state index contributed by atoms with van der Waals surface area (Å²) in [6.07, 6.45) is 3.47. The molecule has 0 amide bonds. The lowest BCUT2D eigenvalue weighted by Gasteiger charge is -2.09. The van der Waals surface area contributed by atoms with Crippen molar-refractivity contribution in [3.63, 3.8) is 0 Å². The highest BCUT2D eigenvalue weighted by molar-refractivity contribution is 6.30. The van der Waals surface area contributed by atoms with Gasteiger partial charge in [-0.15, -0.1) is 0 Å². The van der Waals surface area contributed by atoms with Gasteiger partial charge >= 0.3 is 5.69 Å². The van der Waals surface area contributed by atoms with Crippen LogP contribution in [0, 0.1) is 0 Å². The van der Waals surface area contributed by atoms with Crippen molar-refractivity contribution in [2.45, 2.75) is 13.0 Å². The van der Waals surface area contributed by atoms with Crippen LogP contribution in [0.15, 0.2) is 56.9 Å². The first-order chi connectivity index (χ1) is 12.9. The van der Waals surface area contributed by atoms with Crippen LogP contribution in [0.2, 0.25) is 5.02 Å². The Bertz CT molecular complexity index is 983. The highest BCUT2D eigenvalue weighted by Gasteiger charge is 2.10. The normalized spacial score (nSPS) is 11.7. The molecule has 8 heteroatoms. The van der Waals surface area contributed by atoms with Gasteiger partial charge in [0.05, 0.1) is 12.4 Å². The van der Waals surface area contributed by atoms with Crippen LogP contribution < -0.4 is 5.69 Å². The largest absolute Gasteiger partial charge is 0.493 e. The number of benzene rings is 1. The van der Waals surface area contributed by atoms with Gasteiger partial charge in [-0.25, -0.2) is 4.79 Å². The second kappa shape index (κ2) is 8.28. The van der Waals surface area contributed by atoms with Gasteiger partial charge in [0.15, 0.2) is 0 Å². The minimum atomic E-state index is -0.396. The maximum atomic E-state index is 12.3. The monoisotopic (exact) mass is 388 g/mol. The standard InChI is InChI=1S/C19H21ClN4O3/c1-22(2)10-3-11-23-18(25)13-24(19(23)26)21-12-16-8-9-17(27-16)14-4-6-15(20)7-5-14/h4-9,12-13,25H,3,10-11H2,1-2H3. The van der Waals surface area contributed by atoms with E-state index in [1.807, 2.05) is 37.2 Å². The first-order valence-corrected chi connectivity index (χ1v) is 8.88. The predicted octanol–water partition coefficient (Wildman–Crippen LogP) is 3.10. The summed E-state index contributed by atoms with van der Waals surface area (Å²) in [7, 11) is 3.92. The van der Waals surface area contributed by atoms with Crippen molar-refractivity contribution < 1.29 is 9.52 Å². The van der Waals surface area contributed by atoms with E-state index in [1.165, 1.54) is 17.0 Å². The Morgan fingerprint density at radius 2 is 1.96 bits per heavy atom. The maximum Gasteiger partial charge on any atom is 0.351 e. The zero-order valence-corrected chi connectivity index (χ0v) is 15.9. The number of hydrogen-bond acceptors (Lipinski definition) is 5. The molecule has 0 saturated heterocycles. The number of halogens is 1. The fraction of sp³-hybridized carbons (Fsp3) is 0.263. The van der Waals surface area contributed by atoms with Gasteiger partial charge in [0.25, 0.3) is 0 Å². The van der Waals surface area contributed by atoms with Crippen molar-refractivity contribution in [2.75, 3.05) is 20.6 Å². The van der Waals surface area contributed by atoms with E-state index < -0.39 is 5.69 Å². The molecule has 0 unspecified atom stereocenters. The van der Waals surface area contributed by atoms with Crippen LogP contribution >= 0.6 is 11.6 Å². The summed E-state index contributed by atoms with van der Waals surface area (Å²) < 4.78 is 8.10. The predicted molar refractivity (Wildman–Crippen MR) is 106 cm³/mol. The Morgan fingerprint density at radius 3 is 2.67 bits per heavy atom. The highest BCUT2D eigenvalue weighted by Crippen LogP contribution is 2.23. The maximum absolute atomic E-state index is 12.3. The second-order valence-corrected chi connectivity index (χ2v) is 6.81. The molecule has 0 spiro atoms. The van der Waals surface area contributed by atoms with Crippen molar-refractivity contribution in [1.82, 2.24) is 14.1 Å². The number of hydrogen-bond donors (Lipinski definition) is 1. The van der Waals surface area contributed by atoms with Gasteiger partial charge in [-0.1, -0.05) is 11.6 Å². The van der Waals surface area contributed by atoms with E-state index in [1.54, 1.807) is 18.2 Å². The summed E-state index contributed by atoms with van der Waals surface area (Å²) in [5.41, 5.74) is 0.493. The first kappa shape index (κ1) is 19.0. The zero-order chi connectivity index (χ0) is 19.4. The van der Waals surface area contributed by atoms with Crippen molar-refractivity contribution >= 4 is 17.8 Å². The van der Waals surface area contributed by atoms with E-state index >= 15 is 0 Å². The fourth-order valence-corrected chi connectivity index (χ4v) is 2.73. The molecule has 2 aromatic heterocycles. The smallest absolute Gasteiger partial charge is 0.351 e. The summed E-state index contributed by atoms with van der Waals surface area (Å²) in [6, 6.07) is 10.9. The Morgan fingerprint density at radius 1 is 1.22 bits per heavy atom. The number of nitrogens with zero attached hydrogens (tertiary/aromatic N) is 4. The summed E-state index contributed by atoms with van der Waals surface area (Å²) in [4.78, 5) is 14.4. The minimum absolute atomic E-state index is 0.114. The molecule has 1 aromatic carbocycles. The number of aromatic nitrogens is 2. The van der Waals surface area contributed by atoms with E-state index in [4.69, 9.17) is 16.0 Å². The van der Waals surface area contributed by atoms with Gasteiger partial charge < -0.3 is 14.4 Å². The van der Waals surface area contributed by atoms with Crippen LogP contribution in [0.25, 0.3) is 11.3 Å². The van der Waals surface area contributed by atoms with Crippen LogP contribution in [0.5, 0.6) is 5.88 Å². The zero-order valence-electron chi connectivity index (χ0n) is 15.2. The molecular formula is C19H21ClN4O3. The molecule has 0 saturated carbocycles. The topological polar surface area (TPSA) is 75.9 Å². The Balaban J connectivity index is 1.73. The van der Waals surface area contributed by atoms with Gasteiger partial charge in [-0.2, -0.15) is 9.78 Å². The SMILES string of the molecule is CN(C)CCCn1c(O)cn(N=Cc2ccc(-c3ccc(Cl)cc3)o2)c1=O. The van der Waals surface area contributed by atoms with Crippen LogP contribution in [-0.4, -0.2) is 46.1 Å². The molecule has 3 aromatic rings. The third-order valence-corrected chi connectivity index (χ3v) is 4.25. The molecule has 0 radical (unpaired) electrons. The molecule has 142 valence electrons. The highest BCUT2D eigenvalue weighted by atomic mass is 35.5. The molecule has 1 N–H and O–H groups in total. The molecule has 0 bridgehead atoms. The van der Waals surface area contributed by atoms with Gasteiger partial charge in [0, 0.05) is 17.1 Å². The van der Waals surface area contributed by atoms with Crippen LogP contribution in [0.1, 0.15) is 12.2 Å². The Labute approximate surface area is 161 Å². The van der Waals surface area contributed by atoms with Crippen LogP contribution in [0.4, 0.5) is 0 Å². The molecule has 0 aliphatic heterocycles. The summed E-state index contributed by atoms with van der Waals surface area (Å²) in [5.74, 6) is 1.05. The molecule has 27 heavy (non-hydrogen) atoms. The van der Waals surface area contributed by atoms with Crippen molar-refractivity contribution in [3.8, 4) is 17.2 Å². The van der Waals surface area contributed by atoms with Gasteiger partial charge in [0.1, 0.15) is 11.5 Å². The lowest BCUT2D eigenvalue weighted by Crippen LogP contribution is -2.24. The molecule has 2 heterocycles. The number of aromatic hydroxyl groups is 1. The van der Waals surface area contributed by atoms with E-state index in [9.17, 15) is 9.90 Å². The Kier molecular flexibility index (Phi) is 5.83. The van der Waals surface area contributed by atoms with Gasteiger partial charge in [-0.05, 0) is 63.5 Å². The van der Waals surface area contributed by atoms with Crippen molar-refractivity contribution in [2.24, 2.45) is 5.10 Å². The quantitative estimate of drug-likeness (QED) is 0.631. The molecule has 7 nitrogen and oxygen atoms in total. The van der Waals surface area contributed by atoms with Crippen molar-refractivity contribution in [1.29, 1.82) is 0 Å². The molecule has 0 fully saturated rings. The summed E-state index contributed by atoms with van der Waals surface area (Å²) in [5, 5.41) is 14.7. The summed E-state index contributed by atoms with van der Waals surface area (Å²) in [6.45, 7) is 1.24. The number of rotatable bonds is 7. The molecular weight excluding hydrogens is 368 g/mol. The average molecular weight is 389 g/mol. The Hall–Kier alpha value is -2.77. The lowest BCUT2D eigenvalue weighted by molar-refractivity contribution is 0.365. The molecule has 0 aliphatic carbocycles. The third kappa shape index (κ3) is 4.69. The summed E-state index contributed by atoms with van der Waals surface area (Å²) >= 11 is 5.89. The van der Waals surface area contributed by atoms with Crippen LogP contribution in [0.3, 0.4) is 0 Å². The molecule has 0 atom stereocenters. The average Bonchev–Trinajstić information content (AvgIpc) is 3.20. The number of furan rings is 1. The first-order valence-electron chi connectivity index (χ1n) is 8.50. The second-order valence-electron chi connectivity index (χ2n) is 6.38. The van der Waals surface area contributed by atoms with Gasteiger partial charge in [0.2, 0.25) is 5.88 Å². The van der Waals surface area contributed by atoms with E-state index in [0.717, 1.165) is 23.2 Å². The van der Waals surface area contributed by atoms with Crippen LogP contribution in [-0.2, 0) is 6.54 Å². The van der Waals surface area contributed by atoms with E-state index in [0.29, 0.717) is 23.1 Å². The lowest BCUT2D eigenvalue weighted by atomic mass is 10.2.